The molecule has 0 saturated carbocycles. The number of aromatic amines is 1. The Kier molecular flexibility index (Phi) is 3.41. The molecule has 1 N–H and O–H groups in total. The van der Waals surface area contributed by atoms with Gasteiger partial charge in [0.15, 0.2) is 5.58 Å². The maximum atomic E-state index is 13.9. The van der Waals surface area contributed by atoms with Crippen LogP contribution < -0.4 is 5.76 Å². The molecule has 0 amide bonds. The van der Waals surface area contributed by atoms with E-state index >= 15 is 0 Å². The normalized spacial score (nSPS) is 12.8. The van der Waals surface area contributed by atoms with E-state index < -0.39 is 22.2 Å². The van der Waals surface area contributed by atoms with Gasteiger partial charge in [0.1, 0.15) is 11.6 Å². The van der Waals surface area contributed by atoms with E-state index in [1.54, 1.807) is 25.1 Å². The fourth-order valence-corrected chi connectivity index (χ4v) is 2.81. The van der Waals surface area contributed by atoms with Crippen molar-refractivity contribution in [2.45, 2.75) is 11.8 Å². The summed E-state index contributed by atoms with van der Waals surface area (Å²) < 4.78 is 32.2. The van der Waals surface area contributed by atoms with E-state index in [1.807, 2.05) is 0 Å². The molecule has 1 unspecified atom stereocenters. The smallest absolute Gasteiger partial charge is 0.408 e. The number of halogens is 3. The first kappa shape index (κ1) is 14.0. The summed E-state index contributed by atoms with van der Waals surface area (Å²) in [5.74, 6) is -1.75. The number of aryl methyl sites for hydroxylation is 1. The van der Waals surface area contributed by atoms with E-state index in [9.17, 15) is 13.6 Å². The summed E-state index contributed by atoms with van der Waals surface area (Å²) in [4.78, 5) is 13.2. The third-order valence-corrected chi connectivity index (χ3v) is 4.31. The van der Waals surface area contributed by atoms with Gasteiger partial charge in [-0.2, -0.15) is 0 Å². The van der Waals surface area contributed by atoms with Crippen LogP contribution in [0.5, 0.6) is 0 Å². The third-order valence-electron chi connectivity index (χ3n) is 3.29. The van der Waals surface area contributed by atoms with Crippen molar-refractivity contribution in [1.82, 2.24) is 4.98 Å². The van der Waals surface area contributed by atoms with Crippen LogP contribution in [0.4, 0.5) is 8.78 Å². The van der Waals surface area contributed by atoms with Gasteiger partial charge >= 0.3 is 5.76 Å². The lowest BCUT2D eigenvalue weighted by atomic mass is 10.0. The van der Waals surface area contributed by atoms with E-state index in [4.69, 9.17) is 4.42 Å². The second-order valence-electron chi connectivity index (χ2n) is 4.76. The van der Waals surface area contributed by atoms with Crippen molar-refractivity contribution in [1.29, 1.82) is 0 Å². The van der Waals surface area contributed by atoms with E-state index in [2.05, 4.69) is 20.9 Å². The zero-order valence-corrected chi connectivity index (χ0v) is 12.5. The summed E-state index contributed by atoms with van der Waals surface area (Å²) in [7, 11) is 0. The minimum atomic E-state index is -0.629. The summed E-state index contributed by atoms with van der Waals surface area (Å²) in [6, 6.07) is 7.39. The molecule has 0 fully saturated rings. The number of H-pyrrole nitrogens is 1. The van der Waals surface area contributed by atoms with Crippen LogP contribution in [0, 0.1) is 18.6 Å². The van der Waals surface area contributed by atoms with Crippen molar-refractivity contribution < 1.29 is 13.2 Å². The number of hydrogen-bond acceptors (Lipinski definition) is 2. The molecular formula is C15H10BrF2NO2. The quantitative estimate of drug-likeness (QED) is 0.702. The Balaban J connectivity index is 2.09. The predicted molar refractivity (Wildman–Crippen MR) is 78.7 cm³/mol. The lowest BCUT2D eigenvalue weighted by Crippen LogP contribution is -1.99. The molecule has 0 bridgehead atoms. The van der Waals surface area contributed by atoms with Gasteiger partial charge in [0.2, 0.25) is 0 Å². The molecule has 1 aromatic heterocycles. The van der Waals surface area contributed by atoms with Crippen LogP contribution in [0.3, 0.4) is 0 Å². The minimum Gasteiger partial charge on any atom is -0.408 e. The largest absolute Gasteiger partial charge is 0.417 e. The standard InChI is InChI=1S/C15H10BrF2NO2/c1-7-4-9(11(18)6-10(7)17)14(16)8-2-3-12-13(5-8)21-15(20)19-12/h2-6,14H,1H3,(H,19,20). The van der Waals surface area contributed by atoms with Crippen molar-refractivity contribution in [3.63, 3.8) is 0 Å². The topological polar surface area (TPSA) is 46.0 Å². The summed E-state index contributed by atoms with van der Waals surface area (Å²) >= 11 is 3.40. The molecule has 3 aromatic rings. The fraction of sp³-hybridized carbons (Fsp3) is 0.133. The van der Waals surface area contributed by atoms with Crippen LogP contribution in [0.25, 0.3) is 11.1 Å². The fourth-order valence-electron chi connectivity index (χ4n) is 2.17. The summed E-state index contributed by atoms with van der Waals surface area (Å²) in [6.07, 6.45) is 0. The number of nitrogens with one attached hydrogen (secondary N) is 1. The van der Waals surface area contributed by atoms with Gasteiger partial charge in [-0.15, -0.1) is 0 Å². The second-order valence-corrected chi connectivity index (χ2v) is 5.67. The SMILES string of the molecule is Cc1cc(C(Br)c2ccc3[nH]c(=O)oc3c2)c(F)cc1F. The molecule has 2 aromatic carbocycles. The molecular weight excluding hydrogens is 344 g/mol. The molecule has 3 rings (SSSR count). The van der Waals surface area contributed by atoms with Crippen LogP contribution in [0.1, 0.15) is 21.5 Å². The number of alkyl halides is 1. The number of oxazole rings is 1. The number of fused-ring (bicyclic) bond motifs is 1. The van der Waals surface area contributed by atoms with Crippen LogP contribution >= 0.6 is 15.9 Å². The molecule has 1 heterocycles. The molecule has 0 aliphatic rings. The van der Waals surface area contributed by atoms with Crippen LogP contribution in [0.2, 0.25) is 0 Å². The van der Waals surface area contributed by atoms with Crippen LogP contribution in [-0.4, -0.2) is 4.98 Å². The Hall–Kier alpha value is -1.95. The van der Waals surface area contributed by atoms with Gasteiger partial charge in [0, 0.05) is 11.6 Å². The average molecular weight is 354 g/mol. The van der Waals surface area contributed by atoms with Crippen molar-refractivity contribution in [2.75, 3.05) is 0 Å². The first-order valence-corrected chi connectivity index (χ1v) is 7.09. The molecule has 21 heavy (non-hydrogen) atoms. The van der Waals surface area contributed by atoms with E-state index in [0.29, 0.717) is 27.8 Å². The Morgan fingerprint density at radius 2 is 1.95 bits per heavy atom. The Bertz CT molecular complexity index is 885. The highest BCUT2D eigenvalue weighted by molar-refractivity contribution is 9.09. The second kappa shape index (κ2) is 5.11. The summed E-state index contributed by atoms with van der Waals surface area (Å²) in [6.45, 7) is 1.58. The first-order valence-electron chi connectivity index (χ1n) is 6.18. The third kappa shape index (κ3) is 2.51. The number of rotatable bonds is 2. The minimum absolute atomic E-state index is 0.325. The maximum absolute atomic E-state index is 13.9. The van der Waals surface area contributed by atoms with Crippen LogP contribution in [-0.2, 0) is 0 Å². The number of benzene rings is 2. The van der Waals surface area contributed by atoms with E-state index in [1.165, 1.54) is 6.07 Å². The number of hydrogen-bond donors (Lipinski definition) is 1. The predicted octanol–water partition coefficient (Wildman–Crippen LogP) is 4.19. The van der Waals surface area contributed by atoms with Gasteiger partial charge in [0.25, 0.3) is 0 Å². The summed E-state index contributed by atoms with van der Waals surface area (Å²) in [5.41, 5.74) is 2.35. The van der Waals surface area contributed by atoms with Crippen molar-refractivity contribution >= 4 is 27.0 Å². The zero-order valence-electron chi connectivity index (χ0n) is 10.9. The van der Waals surface area contributed by atoms with Gasteiger partial charge in [-0.3, -0.25) is 4.98 Å². The Labute approximate surface area is 126 Å². The maximum Gasteiger partial charge on any atom is 0.417 e. The highest BCUT2D eigenvalue weighted by Crippen LogP contribution is 2.34. The zero-order chi connectivity index (χ0) is 15.1. The van der Waals surface area contributed by atoms with E-state index in [0.717, 1.165) is 6.07 Å². The Morgan fingerprint density at radius 1 is 1.19 bits per heavy atom. The van der Waals surface area contributed by atoms with Crippen molar-refractivity contribution in [2.24, 2.45) is 0 Å². The molecule has 3 nitrogen and oxygen atoms in total. The molecule has 0 aliphatic heterocycles. The summed E-state index contributed by atoms with van der Waals surface area (Å²) in [5, 5.41) is 0. The van der Waals surface area contributed by atoms with Gasteiger partial charge in [-0.1, -0.05) is 22.0 Å². The lowest BCUT2D eigenvalue weighted by molar-refractivity contribution is 0.554. The molecule has 1 atom stereocenters. The van der Waals surface area contributed by atoms with E-state index in [-0.39, 0.29) is 0 Å². The highest BCUT2D eigenvalue weighted by atomic mass is 79.9. The van der Waals surface area contributed by atoms with Crippen LogP contribution in [0.15, 0.2) is 39.5 Å². The van der Waals surface area contributed by atoms with Crippen molar-refractivity contribution in [3.8, 4) is 0 Å². The van der Waals surface area contributed by atoms with Crippen molar-refractivity contribution in [3.05, 3.63) is 69.2 Å². The van der Waals surface area contributed by atoms with Gasteiger partial charge in [-0.05, 0) is 36.2 Å². The molecule has 0 saturated heterocycles. The molecule has 0 radical (unpaired) electrons. The lowest BCUT2D eigenvalue weighted by Gasteiger charge is -2.13. The molecule has 108 valence electrons. The monoisotopic (exact) mass is 353 g/mol. The first-order chi connectivity index (χ1) is 9.95. The molecule has 0 spiro atoms. The molecule has 0 aliphatic carbocycles. The van der Waals surface area contributed by atoms with Gasteiger partial charge < -0.3 is 4.42 Å². The molecule has 6 heteroatoms. The van der Waals surface area contributed by atoms with Gasteiger partial charge in [-0.25, -0.2) is 13.6 Å². The van der Waals surface area contributed by atoms with Gasteiger partial charge in [0.05, 0.1) is 10.3 Å². The number of aromatic nitrogens is 1. The average Bonchev–Trinajstić information content (AvgIpc) is 2.81. The Morgan fingerprint density at radius 3 is 2.71 bits per heavy atom. The highest BCUT2D eigenvalue weighted by Gasteiger charge is 2.18.